The fourth-order valence-electron chi connectivity index (χ4n) is 2.62. The van der Waals surface area contributed by atoms with Crippen molar-refractivity contribution in [2.24, 2.45) is 0 Å². The number of aryl methyl sites for hydroxylation is 2. The van der Waals surface area contributed by atoms with Crippen LogP contribution in [0.2, 0.25) is 10.0 Å². The highest BCUT2D eigenvalue weighted by Gasteiger charge is 2.11. The molecule has 0 saturated heterocycles. The van der Waals surface area contributed by atoms with Gasteiger partial charge in [-0.05, 0) is 66.3 Å². The van der Waals surface area contributed by atoms with E-state index in [1.54, 1.807) is 18.2 Å². The van der Waals surface area contributed by atoms with Crippen molar-refractivity contribution in [1.29, 1.82) is 0 Å². The molecule has 1 aliphatic carbocycles. The van der Waals surface area contributed by atoms with E-state index in [9.17, 15) is 4.79 Å². The van der Waals surface area contributed by atoms with Gasteiger partial charge in [0.05, 0.1) is 10.0 Å². The molecule has 2 aromatic rings. The molecule has 0 spiro atoms. The van der Waals surface area contributed by atoms with Crippen LogP contribution in [0, 0.1) is 0 Å². The maximum Gasteiger partial charge on any atom is 0.248 e. The summed E-state index contributed by atoms with van der Waals surface area (Å²) in [7, 11) is 0. The summed E-state index contributed by atoms with van der Waals surface area (Å²) in [4.78, 5) is 12.0. The minimum Gasteiger partial charge on any atom is -0.323 e. The molecule has 0 aromatic heterocycles. The molecule has 3 rings (SSSR count). The van der Waals surface area contributed by atoms with Gasteiger partial charge in [-0.3, -0.25) is 4.79 Å². The van der Waals surface area contributed by atoms with Crippen molar-refractivity contribution in [3.63, 3.8) is 0 Å². The molecule has 0 heterocycles. The molecule has 0 unspecified atom stereocenters. The van der Waals surface area contributed by atoms with E-state index in [4.69, 9.17) is 23.2 Å². The number of carbonyl (C=O) groups is 1. The quantitative estimate of drug-likeness (QED) is 0.775. The van der Waals surface area contributed by atoms with E-state index >= 15 is 0 Å². The molecule has 2 nitrogen and oxygen atoms in total. The van der Waals surface area contributed by atoms with Gasteiger partial charge < -0.3 is 5.32 Å². The average Bonchev–Trinajstić information content (AvgIpc) is 2.96. The Bertz CT molecular complexity index is 753. The number of benzene rings is 2. The maximum absolute atomic E-state index is 12.0. The SMILES string of the molecule is O=C(/C=C/c1ccc(Cl)c(Cl)c1)Nc1ccc2c(c1)CCC2. The molecule has 4 heteroatoms. The van der Waals surface area contributed by atoms with Gasteiger partial charge in [-0.1, -0.05) is 35.3 Å². The van der Waals surface area contributed by atoms with Gasteiger partial charge in [0.25, 0.3) is 0 Å². The Morgan fingerprint density at radius 2 is 1.82 bits per heavy atom. The van der Waals surface area contributed by atoms with Crippen molar-refractivity contribution in [2.75, 3.05) is 5.32 Å². The zero-order valence-electron chi connectivity index (χ0n) is 11.9. The van der Waals surface area contributed by atoms with Crippen LogP contribution in [0.4, 0.5) is 5.69 Å². The summed E-state index contributed by atoms with van der Waals surface area (Å²) in [5, 5.41) is 3.86. The minimum atomic E-state index is -0.163. The van der Waals surface area contributed by atoms with Crippen LogP contribution in [0.15, 0.2) is 42.5 Å². The number of nitrogens with one attached hydrogen (secondary N) is 1. The lowest BCUT2D eigenvalue weighted by Crippen LogP contribution is -2.08. The summed E-state index contributed by atoms with van der Waals surface area (Å²) in [6.45, 7) is 0. The number of anilines is 1. The lowest BCUT2D eigenvalue weighted by atomic mass is 10.1. The van der Waals surface area contributed by atoms with Crippen LogP contribution in [0.25, 0.3) is 6.08 Å². The molecule has 0 bridgehead atoms. The first-order chi connectivity index (χ1) is 10.6. The average molecular weight is 332 g/mol. The smallest absolute Gasteiger partial charge is 0.248 e. The van der Waals surface area contributed by atoms with Crippen molar-refractivity contribution in [2.45, 2.75) is 19.3 Å². The van der Waals surface area contributed by atoms with Crippen LogP contribution < -0.4 is 5.32 Å². The second-order valence-corrected chi connectivity index (χ2v) is 6.15. The zero-order valence-corrected chi connectivity index (χ0v) is 13.4. The Hall–Kier alpha value is -1.77. The second-order valence-electron chi connectivity index (χ2n) is 5.33. The first-order valence-electron chi connectivity index (χ1n) is 7.18. The van der Waals surface area contributed by atoms with E-state index in [1.807, 2.05) is 12.1 Å². The first kappa shape index (κ1) is 15.1. The number of hydrogen-bond acceptors (Lipinski definition) is 1. The van der Waals surface area contributed by atoms with Crippen LogP contribution in [0.5, 0.6) is 0 Å². The van der Waals surface area contributed by atoms with Gasteiger partial charge in [-0.15, -0.1) is 0 Å². The highest BCUT2D eigenvalue weighted by Crippen LogP contribution is 2.25. The molecule has 0 fully saturated rings. The molecule has 0 saturated carbocycles. The van der Waals surface area contributed by atoms with Gasteiger partial charge in [0.2, 0.25) is 5.91 Å². The summed E-state index contributed by atoms with van der Waals surface area (Å²) < 4.78 is 0. The van der Waals surface area contributed by atoms with Crippen LogP contribution in [0.3, 0.4) is 0 Å². The molecule has 2 aromatic carbocycles. The van der Waals surface area contributed by atoms with Gasteiger partial charge >= 0.3 is 0 Å². The molecular weight excluding hydrogens is 317 g/mol. The summed E-state index contributed by atoms with van der Waals surface area (Å²) in [6, 6.07) is 11.4. The number of hydrogen-bond donors (Lipinski definition) is 1. The highest BCUT2D eigenvalue weighted by molar-refractivity contribution is 6.42. The van der Waals surface area contributed by atoms with Crippen LogP contribution >= 0.6 is 23.2 Å². The van der Waals surface area contributed by atoms with E-state index in [-0.39, 0.29) is 5.91 Å². The molecule has 0 radical (unpaired) electrons. The summed E-state index contributed by atoms with van der Waals surface area (Å²) in [5.41, 5.74) is 4.40. The van der Waals surface area contributed by atoms with Crippen molar-refractivity contribution in [1.82, 2.24) is 0 Å². The largest absolute Gasteiger partial charge is 0.323 e. The Morgan fingerprint density at radius 3 is 2.64 bits per heavy atom. The zero-order chi connectivity index (χ0) is 15.5. The first-order valence-corrected chi connectivity index (χ1v) is 7.93. The topological polar surface area (TPSA) is 29.1 Å². The predicted molar refractivity (Wildman–Crippen MR) is 92.6 cm³/mol. The Labute approximate surface area is 139 Å². The molecule has 0 aliphatic heterocycles. The predicted octanol–water partition coefficient (Wildman–Crippen LogP) is 5.13. The third kappa shape index (κ3) is 3.52. The van der Waals surface area contributed by atoms with Gasteiger partial charge in [0.1, 0.15) is 0 Å². The summed E-state index contributed by atoms with van der Waals surface area (Å²) >= 11 is 11.8. The van der Waals surface area contributed by atoms with Gasteiger partial charge in [0, 0.05) is 11.8 Å². The van der Waals surface area contributed by atoms with E-state index in [2.05, 4.69) is 17.4 Å². The van der Waals surface area contributed by atoms with E-state index in [0.29, 0.717) is 10.0 Å². The molecule has 1 N–H and O–H groups in total. The normalized spacial score (nSPS) is 13.4. The van der Waals surface area contributed by atoms with Crippen LogP contribution in [-0.4, -0.2) is 5.91 Å². The summed E-state index contributed by atoms with van der Waals surface area (Å²) in [6.07, 6.45) is 6.64. The van der Waals surface area contributed by atoms with Crippen molar-refractivity contribution < 1.29 is 4.79 Å². The highest BCUT2D eigenvalue weighted by atomic mass is 35.5. The number of amides is 1. The molecule has 112 valence electrons. The maximum atomic E-state index is 12.0. The molecule has 1 aliphatic rings. The molecular formula is C18H15Cl2NO. The minimum absolute atomic E-state index is 0.163. The van der Waals surface area contributed by atoms with Crippen molar-refractivity contribution in [3.8, 4) is 0 Å². The monoisotopic (exact) mass is 331 g/mol. The Morgan fingerprint density at radius 1 is 1.00 bits per heavy atom. The summed E-state index contributed by atoms with van der Waals surface area (Å²) in [5.74, 6) is -0.163. The fraction of sp³-hybridized carbons (Fsp3) is 0.167. The Kier molecular flexibility index (Phi) is 4.51. The van der Waals surface area contributed by atoms with E-state index < -0.39 is 0 Å². The third-order valence-electron chi connectivity index (χ3n) is 3.74. The lowest BCUT2D eigenvalue weighted by molar-refractivity contribution is -0.111. The number of carbonyl (C=O) groups excluding carboxylic acids is 1. The van der Waals surface area contributed by atoms with Crippen LogP contribution in [0.1, 0.15) is 23.1 Å². The van der Waals surface area contributed by atoms with Gasteiger partial charge in [-0.25, -0.2) is 0 Å². The second kappa shape index (κ2) is 6.55. The third-order valence-corrected chi connectivity index (χ3v) is 4.48. The van der Waals surface area contributed by atoms with Gasteiger partial charge in [0.15, 0.2) is 0 Å². The van der Waals surface area contributed by atoms with E-state index in [0.717, 1.165) is 24.1 Å². The lowest BCUT2D eigenvalue weighted by Gasteiger charge is -2.05. The molecule has 1 amide bonds. The standard InChI is InChI=1S/C18H15Cl2NO/c19-16-8-4-12(10-17(16)20)5-9-18(22)21-15-7-6-13-2-1-3-14(13)11-15/h4-11H,1-3H2,(H,21,22)/b9-5+. The van der Waals surface area contributed by atoms with Crippen molar-refractivity contribution in [3.05, 3.63) is 69.2 Å². The van der Waals surface area contributed by atoms with Crippen LogP contribution in [-0.2, 0) is 17.6 Å². The Balaban J connectivity index is 1.67. The number of fused-ring (bicyclic) bond motifs is 1. The fourth-order valence-corrected chi connectivity index (χ4v) is 2.93. The molecule has 0 atom stereocenters. The van der Waals surface area contributed by atoms with Gasteiger partial charge in [-0.2, -0.15) is 0 Å². The number of halogens is 2. The molecule has 22 heavy (non-hydrogen) atoms. The van der Waals surface area contributed by atoms with E-state index in [1.165, 1.54) is 23.6 Å². The number of rotatable bonds is 3. The van der Waals surface area contributed by atoms with Crippen molar-refractivity contribution >= 4 is 40.9 Å².